The highest BCUT2D eigenvalue weighted by Crippen LogP contribution is 2.29. The average molecular weight is 542 g/mol. The largest absolute Gasteiger partial charge is 0.444 e. The van der Waals surface area contributed by atoms with Gasteiger partial charge in [-0.3, -0.25) is 4.79 Å². The van der Waals surface area contributed by atoms with E-state index in [1.165, 1.54) is 0 Å². The lowest BCUT2D eigenvalue weighted by molar-refractivity contribution is -0.123. The molecule has 6 N–H and O–H groups in total. The molecule has 0 spiro atoms. The SMILES string of the molecule is CCCCc1nc2c(N)nc3ccccc3c2n1CCOCCNC(=O)[C@H](CCCN)NC(=O)OC(C)(C)C. The number of aryl methyl sites for hydroxylation is 1. The molecule has 39 heavy (non-hydrogen) atoms. The zero-order valence-electron chi connectivity index (χ0n) is 23.6. The van der Waals surface area contributed by atoms with Crippen molar-refractivity contribution in [3.63, 3.8) is 0 Å². The number of hydrogen-bond acceptors (Lipinski definition) is 8. The number of nitrogen functional groups attached to an aromatic ring is 1. The van der Waals surface area contributed by atoms with Crippen LogP contribution in [0.4, 0.5) is 10.6 Å². The Morgan fingerprint density at radius 3 is 2.62 bits per heavy atom. The number of carbonyl (C=O) groups excluding carboxylic acids is 2. The van der Waals surface area contributed by atoms with E-state index in [0.717, 1.165) is 41.5 Å². The summed E-state index contributed by atoms with van der Waals surface area (Å²) in [6.07, 6.45) is 3.29. The van der Waals surface area contributed by atoms with Crippen LogP contribution in [0.3, 0.4) is 0 Å². The van der Waals surface area contributed by atoms with Gasteiger partial charge in [-0.2, -0.15) is 0 Å². The summed E-state index contributed by atoms with van der Waals surface area (Å²) in [6.45, 7) is 9.54. The highest BCUT2D eigenvalue weighted by atomic mass is 16.6. The first kappa shape index (κ1) is 30.1. The number of hydrogen-bond donors (Lipinski definition) is 4. The molecule has 0 unspecified atom stereocenters. The predicted octanol–water partition coefficient (Wildman–Crippen LogP) is 3.27. The number of aromatic nitrogens is 3. The van der Waals surface area contributed by atoms with Gasteiger partial charge in [0.2, 0.25) is 5.91 Å². The molecule has 3 aromatic rings. The van der Waals surface area contributed by atoms with Crippen molar-refractivity contribution in [2.45, 2.75) is 78.0 Å². The van der Waals surface area contributed by atoms with Gasteiger partial charge in [-0.25, -0.2) is 14.8 Å². The molecular weight excluding hydrogens is 498 g/mol. The van der Waals surface area contributed by atoms with E-state index in [9.17, 15) is 9.59 Å². The van der Waals surface area contributed by atoms with E-state index in [4.69, 9.17) is 25.9 Å². The van der Waals surface area contributed by atoms with Crippen molar-refractivity contribution in [3.8, 4) is 0 Å². The zero-order chi connectivity index (χ0) is 28.4. The molecule has 0 saturated heterocycles. The Hall–Kier alpha value is -3.44. The van der Waals surface area contributed by atoms with Gasteiger partial charge >= 0.3 is 6.09 Å². The number of para-hydroxylation sites is 1. The fraction of sp³-hybridized carbons (Fsp3) is 0.571. The Labute approximate surface area is 230 Å². The third kappa shape index (κ3) is 8.52. The zero-order valence-corrected chi connectivity index (χ0v) is 23.6. The summed E-state index contributed by atoms with van der Waals surface area (Å²) in [5.41, 5.74) is 13.7. The smallest absolute Gasteiger partial charge is 0.408 e. The number of imidazole rings is 1. The van der Waals surface area contributed by atoms with Crippen molar-refractivity contribution < 1.29 is 19.1 Å². The van der Waals surface area contributed by atoms with E-state index in [-0.39, 0.29) is 5.91 Å². The monoisotopic (exact) mass is 541 g/mol. The quantitative estimate of drug-likeness (QED) is 0.226. The van der Waals surface area contributed by atoms with Gasteiger partial charge in [-0.1, -0.05) is 31.5 Å². The number of rotatable bonds is 14. The molecule has 0 aliphatic carbocycles. The molecule has 1 aromatic carbocycles. The van der Waals surface area contributed by atoms with Crippen LogP contribution in [0, 0.1) is 0 Å². The van der Waals surface area contributed by atoms with E-state index in [1.54, 1.807) is 20.8 Å². The number of pyridine rings is 1. The second-order valence-electron chi connectivity index (χ2n) is 10.5. The van der Waals surface area contributed by atoms with Gasteiger partial charge in [0, 0.05) is 24.9 Å². The highest BCUT2D eigenvalue weighted by Gasteiger charge is 2.24. The maximum absolute atomic E-state index is 12.7. The van der Waals surface area contributed by atoms with Gasteiger partial charge < -0.3 is 36.1 Å². The van der Waals surface area contributed by atoms with Crippen molar-refractivity contribution in [1.82, 2.24) is 25.2 Å². The van der Waals surface area contributed by atoms with Crippen molar-refractivity contribution in [2.75, 3.05) is 32.0 Å². The number of anilines is 1. The maximum Gasteiger partial charge on any atom is 0.408 e. The number of fused-ring (bicyclic) bond motifs is 3. The van der Waals surface area contributed by atoms with Crippen LogP contribution in [0.25, 0.3) is 21.9 Å². The van der Waals surface area contributed by atoms with Crippen LogP contribution in [0.5, 0.6) is 0 Å². The van der Waals surface area contributed by atoms with Crippen molar-refractivity contribution in [3.05, 3.63) is 30.1 Å². The fourth-order valence-electron chi connectivity index (χ4n) is 4.34. The van der Waals surface area contributed by atoms with Crippen molar-refractivity contribution >= 4 is 39.8 Å². The van der Waals surface area contributed by atoms with E-state index in [2.05, 4.69) is 27.1 Å². The molecule has 2 amide bonds. The molecule has 11 heteroatoms. The Bertz CT molecular complexity index is 1250. The first-order chi connectivity index (χ1) is 18.6. The average Bonchev–Trinajstić information content (AvgIpc) is 3.25. The minimum Gasteiger partial charge on any atom is -0.444 e. The Morgan fingerprint density at radius 1 is 1.13 bits per heavy atom. The number of alkyl carbamates (subject to hydrolysis) is 1. The number of nitrogens with one attached hydrogen (secondary N) is 2. The predicted molar refractivity (Wildman–Crippen MR) is 153 cm³/mol. The molecule has 0 fully saturated rings. The summed E-state index contributed by atoms with van der Waals surface area (Å²) in [5.74, 6) is 1.09. The summed E-state index contributed by atoms with van der Waals surface area (Å²) in [4.78, 5) is 34.2. The molecule has 214 valence electrons. The molecule has 0 saturated carbocycles. The van der Waals surface area contributed by atoms with Gasteiger partial charge in [0.05, 0.1) is 24.2 Å². The van der Waals surface area contributed by atoms with Gasteiger partial charge in [0.25, 0.3) is 0 Å². The minimum atomic E-state index is -0.728. The van der Waals surface area contributed by atoms with Gasteiger partial charge in [0.15, 0.2) is 5.82 Å². The first-order valence-corrected chi connectivity index (χ1v) is 13.7. The standard InChI is InChI=1S/C28H43N7O4/c1-5-6-13-22-34-23-24(19-10-7-8-11-20(19)32-25(23)30)35(22)16-18-38-17-15-31-26(36)21(12-9-14-29)33-27(37)39-28(2,3)4/h7-8,10-11,21H,5-6,9,12-18,29H2,1-4H3,(H2,30,32)(H,31,36)(H,33,37)/t21-/m0/s1. The maximum atomic E-state index is 12.7. The number of amides is 2. The van der Waals surface area contributed by atoms with Gasteiger partial charge in [-0.15, -0.1) is 0 Å². The van der Waals surface area contributed by atoms with Crippen LogP contribution in [-0.2, 0) is 27.2 Å². The third-order valence-corrected chi connectivity index (χ3v) is 6.15. The second-order valence-corrected chi connectivity index (χ2v) is 10.5. The van der Waals surface area contributed by atoms with E-state index in [1.807, 2.05) is 24.3 Å². The van der Waals surface area contributed by atoms with E-state index >= 15 is 0 Å². The summed E-state index contributed by atoms with van der Waals surface area (Å²) in [7, 11) is 0. The topological polar surface area (TPSA) is 159 Å². The summed E-state index contributed by atoms with van der Waals surface area (Å²) >= 11 is 0. The number of nitrogens with zero attached hydrogens (tertiary/aromatic N) is 3. The fourth-order valence-corrected chi connectivity index (χ4v) is 4.34. The number of carbonyl (C=O) groups is 2. The molecular formula is C28H43N7O4. The van der Waals surface area contributed by atoms with E-state index < -0.39 is 17.7 Å². The van der Waals surface area contributed by atoms with Crippen molar-refractivity contribution in [1.29, 1.82) is 0 Å². The van der Waals surface area contributed by atoms with Crippen LogP contribution < -0.4 is 22.1 Å². The van der Waals surface area contributed by atoms with Crippen LogP contribution in [0.2, 0.25) is 0 Å². The lowest BCUT2D eigenvalue weighted by Gasteiger charge is -2.23. The molecule has 0 aliphatic rings. The van der Waals surface area contributed by atoms with Crippen LogP contribution in [0.15, 0.2) is 24.3 Å². The molecule has 11 nitrogen and oxygen atoms in total. The molecule has 0 radical (unpaired) electrons. The molecule has 2 heterocycles. The molecule has 1 atom stereocenters. The number of ether oxygens (including phenoxy) is 2. The number of nitrogens with two attached hydrogens (primary N) is 2. The Kier molecular flexibility index (Phi) is 10.9. The van der Waals surface area contributed by atoms with Gasteiger partial charge in [0.1, 0.15) is 23.0 Å². The van der Waals surface area contributed by atoms with Crippen LogP contribution >= 0.6 is 0 Å². The van der Waals surface area contributed by atoms with Crippen LogP contribution in [0.1, 0.15) is 59.2 Å². The summed E-state index contributed by atoms with van der Waals surface area (Å²) < 4.78 is 13.3. The number of benzene rings is 1. The lowest BCUT2D eigenvalue weighted by atomic mass is 10.1. The Morgan fingerprint density at radius 2 is 1.90 bits per heavy atom. The van der Waals surface area contributed by atoms with Gasteiger partial charge in [-0.05, 0) is 52.6 Å². The summed E-state index contributed by atoms with van der Waals surface area (Å²) in [5, 5.41) is 6.48. The second kappa shape index (κ2) is 14.1. The highest BCUT2D eigenvalue weighted by molar-refractivity contribution is 6.06. The number of unbranched alkanes of at least 4 members (excludes halogenated alkanes) is 1. The third-order valence-electron chi connectivity index (χ3n) is 6.15. The normalized spacial score (nSPS) is 12.5. The first-order valence-electron chi connectivity index (χ1n) is 13.7. The Balaban J connectivity index is 1.59. The van der Waals surface area contributed by atoms with Crippen molar-refractivity contribution in [2.24, 2.45) is 5.73 Å². The molecule has 2 aromatic heterocycles. The summed E-state index contributed by atoms with van der Waals surface area (Å²) in [6, 6.07) is 7.19. The molecule has 0 aliphatic heterocycles. The molecule has 3 rings (SSSR count). The van der Waals surface area contributed by atoms with E-state index in [0.29, 0.717) is 57.0 Å². The minimum absolute atomic E-state index is 0.296. The molecule has 0 bridgehead atoms. The van der Waals surface area contributed by atoms with Crippen LogP contribution in [-0.4, -0.2) is 64.5 Å². The lowest BCUT2D eigenvalue weighted by Crippen LogP contribution is -2.49.